The number of aromatic nitrogens is 2. The molecule has 2 aromatic rings. The number of alkyl halides is 3. The number of nitrogens with one attached hydrogen (secondary N) is 2. The lowest BCUT2D eigenvalue weighted by Crippen LogP contribution is -2.36. The van der Waals surface area contributed by atoms with Crippen molar-refractivity contribution in [2.24, 2.45) is 0 Å². The van der Waals surface area contributed by atoms with Gasteiger partial charge in [0.15, 0.2) is 11.7 Å². The van der Waals surface area contributed by atoms with Crippen LogP contribution in [0.15, 0.2) is 24.3 Å². The Kier molecular flexibility index (Phi) is 5.31. The van der Waals surface area contributed by atoms with E-state index in [0.717, 1.165) is 4.68 Å². The first-order valence-electron chi connectivity index (χ1n) is 8.25. The number of fused-ring (bicyclic) bond motifs is 1. The molecular weight excluding hydrogens is 404 g/mol. The van der Waals surface area contributed by atoms with Crippen LogP contribution in [0, 0.1) is 0 Å². The molecule has 0 aliphatic carbocycles. The van der Waals surface area contributed by atoms with Crippen LogP contribution in [0.1, 0.15) is 48.4 Å². The molecule has 2 N–H and O–H groups in total. The van der Waals surface area contributed by atoms with Crippen molar-refractivity contribution in [3.8, 4) is 0 Å². The van der Waals surface area contributed by atoms with Gasteiger partial charge in [-0.15, -0.1) is 0 Å². The molecule has 5 nitrogen and oxygen atoms in total. The van der Waals surface area contributed by atoms with Gasteiger partial charge in [0.25, 0.3) is 5.91 Å². The predicted molar refractivity (Wildman–Crippen MR) is 97.4 cm³/mol. The third-order valence-electron chi connectivity index (χ3n) is 4.19. The Balaban J connectivity index is 1.98. The molecular formula is C17H17Cl2F3N4O. The maximum absolute atomic E-state index is 13.6. The van der Waals surface area contributed by atoms with Crippen molar-refractivity contribution in [3.05, 3.63) is 45.6 Å². The standard InChI is InChI=1S/C17H17Cl2F3N4O/c1-8(2)23-16(27)13-7-15-24-12(9-3-4-10(18)11(19)5-9)6-14(17(20,21)22)26(15)25-13/h3-5,7-8,12,14,24H,6H2,1-2H3,(H,23,27)/t12-,14+/m0/s1. The van der Waals surface area contributed by atoms with Crippen LogP contribution in [0.3, 0.4) is 0 Å². The van der Waals surface area contributed by atoms with Gasteiger partial charge in [-0.1, -0.05) is 29.3 Å². The highest BCUT2D eigenvalue weighted by molar-refractivity contribution is 6.42. The first-order valence-corrected chi connectivity index (χ1v) is 9.00. The monoisotopic (exact) mass is 420 g/mol. The zero-order valence-corrected chi connectivity index (χ0v) is 16.0. The smallest absolute Gasteiger partial charge is 0.363 e. The number of halogens is 5. The Morgan fingerprint density at radius 3 is 2.59 bits per heavy atom. The van der Waals surface area contributed by atoms with Gasteiger partial charge in [0.1, 0.15) is 5.82 Å². The van der Waals surface area contributed by atoms with Crippen LogP contribution in [0.2, 0.25) is 10.0 Å². The van der Waals surface area contributed by atoms with Gasteiger partial charge in [-0.25, -0.2) is 4.68 Å². The number of carbonyl (C=O) groups is 1. The number of hydrogen-bond donors (Lipinski definition) is 2. The zero-order valence-electron chi connectivity index (χ0n) is 14.4. The molecule has 1 aromatic carbocycles. The maximum Gasteiger partial charge on any atom is 0.410 e. The zero-order chi connectivity index (χ0) is 19.9. The Bertz CT molecular complexity index is 866. The number of hydrogen-bond acceptors (Lipinski definition) is 3. The van der Waals surface area contributed by atoms with Crippen LogP contribution in [-0.2, 0) is 0 Å². The molecule has 1 aliphatic rings. The van der Waals surface area contributed by atoms with Gasteiger partial charge < -0.3 is 10.6 Å². The summed E-state index contributed by atoms with van der Waals surface area (Å²) in [6.45, 7) is 3.51. The number of rotatable bonds is 3. The molecule has 146 valence electrons. The minimum Gasteiger partial charge on any atom is -0.363 e. The summed E-state index contributed by atoms with van der Waals surface area (Å²) in [5, 5.41) is 10.1. The summed E-state index contributed by atoms with van der Waals surface area (Å²) in [7, 11) is 0. The lowest BCUT2D eigenvalue weighted by molar-refractivity contribution is -0.173. The number of amides is 1. The molecule has 1 aliphatic heterocycles. The fourth-order valence-corrected chi connectivity index (χ4v) is 3.27. The number of nitrogens with zero attached hydrogens (tertiary/aromatic N) is 2. The van der Waals surface area contributed by atoms with Gasteiger partial charge in [0.2, 0.25) is 0 Å². The lowest BCUT2D eigenvalue weighted by atomic mass is 9.97. The van der Waals surface area contributed by atoms with Crippen LogP contribution >= 0.6 is 23.2 Å². The average molecular weight is 421 g/mol. The molecule has 0 unspecified atom stereocenters. The Morgan fingerprint density at radius 1 is 1.30 bits per heavy atom. The van der Waals surface area contributed by atoms with Crippen molar-refractivity contribution in [1.82, 2.24) is 15.1 Å². The largest absolute Gasteiger partial charge is 0.410 e. The van der Waals surface area contributed by atoms with E-state index in [0.29, 0.717) is 10.6 Å². The van der Waals surface area contributed by atoms with Gasteiger partial charge in [-0.3, -0.25) is 4.79 Å². The first-order chi connectivity index (χ1) is 12.6. The van der Waals surface area contributed by atoms with E-state index in [2.05, 4.69) is 15.7 Å². The third-order valence-corrected chi connectivity index (χ3v) is 4.93. The van der Waals surface area contributed by atoms with Crippen molar-refractivity contribution >= 4 is 34.9 Å². The molecule has 10 heteroatoms. The van der Waals surface area contributed by atoms with Gasteiger partial charge in [-0.05, 0) is 31.5 Å². The van der Waals surface area contributed by atoms with Gasteiger partial charge in [-0.2, -0.15) is 18.3 Å². The molecule has 2 heterocycles. The summed E-state index contributed by atoms with van der Waals surface area (Å²) >= 11 is 11.9. The molecule has 27 heavy (non-hydrogen) atoms. The third kappa shape index (κ3) is 4.16. The molecule has 1 aromatic heterocycles. The van der Waals surface area contributed by atoms with Crippen LogP contribution in [0.4, 0.5) is 19.0 Å². The highest BCUT2D eigenvalue weighted by Crippen LogP contribution is 2.44. The van der Waals surface area contributed by atoms with E-state index in [-0.39, 0.29) is 29.0 Å². The summed E-state index contributed by atoms with van der Waals surface area (Å²) in [5.41, 5.74) is 0.495. The highest BCUT2D eigenvalue weighted by Gasteiger charge is 2.46. The molecule has 2 atom stereocenters. The van der Waals surface area contributed by atoms with E-state index in [1.807, 2.05) is 0 Å². The van der Waals surface area contributed by atoms with Crippen molar-refractivity contribution in [1.29, 1.82) is 0 Å². The maximum atomic E-state index is 13.6. The Labute approximate surface area is 163 Å². The van der Waals surface area contributed by atoms with E-state index in [1.165, 1.54) is 18.2 Å². The number of benzene rings is 1. The SMILES string of the molecule is CC(C)NC(=O)c1cc2n(n1)[C@@H](C(F)(F)F)C[C@@H](c1ccc(Cl)c(Cl)c1)N2. The normalized spacial score (nSPS) is 19.6. The van der Waals surface area contributed by atoms with Crippen molar-refractivity contribution in [2.45, 2.75) is 44.6 Å². The van der Waals surface area contributed by atoms with Gasteiger partial charge >= 0.3 is 6.18 Å². The van der Waals surface area contributed by atoms with Gasteiger partial charge in [0, 0.05) is 18.5 Å². The summed E-state index contributed by atoms with van der Waals surface area (Å²) in [5.74, 6) is -0.408. The van der Waals surface area contributed by atoms with Crippen LogP contribution < -0.4 is 10.6 Å². The molecule has 1 amide bonds. The van der Waals surface area contributed by atoms with Gasteiger partial charge in [0.05, 0.1) is 16.1 Å². The summed E-state index contributed by atoms with van der Waals surface area (Å²) in [6.07, 6.45) is -4.81. The molecule has 0 saturated heterocycles. The number of carbonyl (C=O) groups excluding carboxylic acids is 1. The molecule has 0 radical (unpaired) electrons. The van der Waals surface area contributed by atoms with E-state index in [9.17, 15) is 18.0 Å². The Hall–Kier alpha value is -1.93. The minimum absolute atomic E-state index is 0.0739. The fraction of sp³-hybridized carbons (Fsp3) is 0.412. The minimum atomic E-state index is -4.52. The molecule has 0 saturated carbocycles. The molecule has 0 fully saturated rings. The van der Waals surface area contributed by atoms with E-state index in [1.54, 1.807) is 19.9 Å². The first kappa shape index (κ1) is 19.8. The van der Waals surface area contributed by atoms with E-state index in [4.69, 9.17) is 23.2 Å². The Morgan fingerprint density at radius 2 is 2.00 bits per heavy atom. The average Bonchev–Trinajstić information content (AvgIpc) is 2.99. The highest BCUT2D eigenvalue weighted by atomic mass is 35.5. The quantitative estimate of drug-likeness (QED) is 0.735. The molecule has 0 bridgehead atoms. The van der Waals surface area contributed by atoms with Crippen molar-refractivity contribution in [3.63, 3.8) is 0 Å². The molecule has 3 rings (SSSR count). The second kappa shape index (κ2) is 7.24. The van der Waals surface area contributed by atoms with E-state index >= 15 is 0 Å². The predicted octanol–water partition coefficient (Wildman–Crippen LogP) is 4.99. The second-order valence-electron chi connectivity index (χ2n) is 6.65. The summed E-state index contributed by atoms with van der Waals surface area (Å²) in [6, 6.07) is 3.33. The van der Waals surface area contributed by atoms with Crippen LogP contribution in [-0.4, -0.2) is 27.9 Å². The summed E-state index contributed by atoms with van der Waals surface area (Å²) in [4.78, 5) is 12.1. The van der Waals surface area contributed by atoms with Crippen LogP contribution in [0.5, 0.6) is 0 Å². The second-order valence-corrected chi connectivity index (χ2v) is 7.47. The van der Waals surface area contributed by atoms with Crippen LogP contribution in [0.25, 0.3) is 0 Å². The summed E-state index contributed by atoms with van der Waals surface area (Å²) < 4.78 is 41.7. The van der Waals surface area contributed by atoms with Crippen molar-refractivity contribution < 1.29 is 18.0 Å². The van der Waals surface area contributed by atoms with Crippen molar-refractivity contribution in [2.75, 3.05) is 5.32 Å². The topological polar surface area (TPSA) is 59.0 Å². The molecule has 0 spiro atoms. The van der Waals surface area contributed by atoms with E-state index < -0.39 is 24.2 Å². The lowest BCUT2D eigenvalue weighted by Gasteiger charge is -2.33. The fourth-order valence-electron chi connectivity index (χ4n) is 2.97. The number of anilines is 1.